The first kappa shape index (κ1) is 14.4. The average Bonchev–Trinajstić information content (AvgIpc) is 2.35. The summed E-state index contributed by atoms with van der Waals surface area (Å²) in [6.45, 7) is 3.54. The van der Waals surface area contributed by atoms with Crippen LogP contribution in [-0.2, 0) is 9.53 Å². The van der Waals surface area contributed by atoms with Crippen molar-refractivity contribution in [3.05, 3.63) is 0 Å². The highest BCUT2D eigenvalue weighted by Crippen LogP contribution is 2.18. The zero-order chi connectivity index (χ0) is 12.8. The molecule has 0 aliphatic carbocycles. The molecule has 2 N–H and O–H groups in total. The summed E-state index contributed by atoms with van der Waals surface area (Å²) < 4.78 is 5.13. The monoisotopic (exact) mass is 258 g/mol. The Balaban J connectivity index is 2.28. The number of nitrogens with two attached hydrogens (primary N) is 1. The molecule has 0 bridgehead atoms. The number of hydrogen-bond donors (Lipinski definition) is 1. The van der Waals surface area contributed by atoms with Crippen molar-refractivity contribution in [2.24, 2.45) is 11.7 Å². The molecule has 0 aromatic rings. The number of rotatable bonds is 5. The fourth-order valence-electron chi connectivity index (χ4n) is 2.02. The van der Waals surface area contributed by atoms with Crippen LogP contribution in [0.3, 0.4) is 0 Å². The first-order valence-electron chi connectivity index (χ1n) is 6.14. The van der Waals surface area contributed by atoms with Gasteiger partial charge in [0.05, 0.1) is 11.1 Å². The maximum Gasteiger partial charge on any atom is 0.222 e. The second kappa shape index (κ2) is 6.91. The van der Waals surface area contributed by atoms with E-state index >= 15 is 0 Å². The molecule has 4 nitrogen and oxygen atoms in total. The summed E-state index contributed by atoms with van der Waals surface area (Å²) in [6, 6.07) is 0. The van der Waals surface area contributed by atoms with Crippen LogP contribution in [0.5, 0.6) is 0 Å². The maximum absolute atomic E-state index is 11.9. The molecule has 0 aromatic heterocycles. The lowest BCUT2D eigenvalue weighted by Gasteiger charge is -2.31. The number of amides is 1. The molecule has 1 aliphatic heterocycles. The van der Waals surface area contributed by atoms with Crippen molar-refractivity contribution in [2.75, 3.05) is 20.2 Å². The number of carbonyl (C=O) groups is 1. The molecule has 1 atom stereocenters. The summed E-state index contributed by atoms with van der Waals surface area (Å²) >= 11 is 4.98. The Morgan fingerprint density at radius 3 is 2.59 bits per heavy atom. The van der Waals surface area contributed by atoms with Crippen LogP contribution >= 0.6 is 12.2 Å². The summed E-state index contributed by atoms with van der Waals surface area (Å²) in [5.74, 6) is 0.530. The van der Waals surface area contributed by atoms with Crippen LogP contribution in [0, 0.1) is 5.92 Å². The van der Waals surface area contributed by atoms with Crippen molar-refractivity contribution in [1.29, 1.82) is 0 Å². The molecule has 1 fully saturated rings. The van der Waals surface area contributed by atoms with Gasteiger partial charge in [0, 0.05) is 32.5 Å². The second-order valence-electron chi connectivity index (χ2n) is 4.64. The molecule has 0 aromatic carbocycles. The number of likely N-dealkylation sites (tertiary alicyclic amines) is 1. The van der Waals surface area contributed by atoms with E-state index in [1.165, 1.54) is 0 Å². The Kier molecular flexibility index (Phi) is 5.85. The van der Waals surface area contributed by atoms with E-state index in [0.29, 0.717) is 17.3 Å². The van der Waals surface area contributed by atoms with Crippen LogP contribution in [0.1, 0.15) is 32.6 Å². The molecule has 5 heteroatoms. The van der Waals surface area contributed by atoms with Crippen LogP contribution in [0.25, 0.3) is 0 Å². The predicted molar refractivity (Wildman–Crippen MR) is 71.8 cm³/mol. The van der Waals surface area contributed by atoms with E-state index in [4.69, 9.17) is 22.7 Å². The number of piperidine rings is 1. The van der Waals surface area contributed by atoms with Crippen LogP contribution in [0.15, 0.2) is 0 Å². The Bertz CT molecular complexity index is 276. The number of ether oxygens (including phenoxy) is 1. The third-order valence-corrected chi connectivity index (χ3v) is 3.75. The van der Waals surface area contributed by atoms with Gasteiger partial charge in [0.25, 0.3) is 0 Å². The molecule has 0 radical (unpaired) electrons. The van der Waals surface area contributed by atoms with Crippen LogP contribution in [0.2, 0.25) is 0 Å². The van der Waals surface area contributed by atoms with Crippen molar-refractivity contribution in [3.8, 4) is 0 Å². The summed E-state index contributed by atoms with van der Waals surface area (Å²) in [4.78, 5) is 14.4. The van der Waals surface area contributed by atoms with Gasteiger partial charge in [-0.3, -0.25) is 4.79 Å². The molecule has 1 aliphatic rings. The van der Waals surface area contributed by atoms with Crippen LogP contribution in [0.4, 0.5) is 0 Å². The fraction of sp³-hybridized carbons (Fsp3) is 0.833. The van der Waals surface area contributed by atoms with Crippen molar-refractivity contribution < 1.29 is 9.53 Å². The van der Waals surface area contributed by atoms with Gasteiger partial charge in [-0.05, 0) is 26.2 Å². The standard InChI is InChI=1S/C12H22N2O2S/c1-9(16-2)3-4-11(15)14-7-5-10(6-8-14)12(13)17/h9-10H,3-8H2,1-2H3,(H2,13,17). The van der Waals surface area contributed by atoms with E-state index in [2.05, 4.69) is 0 Å². The quantitative estimate of drug-likeness (QED) is 0.756. The van der Waals surface area contributed by atoms with Crippen molar-refractivity contribution >= 4 is 23.1 Å². The first-order chi connectivity index (χ1) is 8.04. The molecule has 0 spiro atoms. The largest absolute Gasteiger partial charge is 0.393 e. The topological polar surface area (TPSA) is 55.6 Å². The summed E-state index contributed by atoms with van der Waals surface area (Å²) in [7, 11) is 1.67. The van der Waals surface area contributed by atoms with Crippen molar-refractivity contribution in [2.45, 2.75) is 38.7 Å². The number of nitrogens with zero attached hydrogens (tertiary/aromatic N) is 1. The average molecular weight is 258 g/mol. The van der Waals surface area contributed by atoms with E-state index in [9.17, 15) is 4.79 Å². The van der Waals surface area contributed by atoms with Gasteiger partial charge in [0.15, 0.2) is 0 Å². The van der Waals surface area contributed by atoms with E-state index in [-0.39, 0.29) is 12.0 Å². The van der Waals surface area contributed by atoms with Gasteiger partial charge >= 0.3 is 0 Å². The normalized spacial score (nSPS) is 19.1. The van der Waals surface area contributed by atoms with Crippen molar-refractivity contribution in [1.82, 2.24) is 4.90 Å². The predicted octanol–water partition coefficient (Wildman–Crippen LogP) is 1.33. The third kappa shape index (κ3) is 4.60. The van der Waals surface area contributed by atoms with Gasteiger partial charge in [0.1, 0.15) is 0 Å². The SMILES string of the molecule is COC(C)CCC(=O)N1CCC(C(N)=S)CC1. The van der Waals surface area contributed by atoms with E-state index in [1.807, 2.05) is 11.8 Å². The van der Waals surface area contributed by atoms with Gasteiger partial charge in [-0.2, -0.15) is 0 Å². The van der Waals surface area contributed by atoms with Gasteiger partial charge in [-0.15, -0.1) is 0 Å². The zero-order valence-corrected chi connectivity index (χ0v) is 11.5. The molecular formula is C12H22N2O2S. The first-order valence-corrected chi connectivity index (χ1v) is 6.55. The lowest BCUT2D eigenvalue weighted by molar-refractivity contribution is -0.132. The molecular weight excluding hydrogens is 236 g/mol. The Labute approximate surface area is 108 Å². The van der Waals surface area contributed by atoms with Crippen LogP contribution in [-0.4, -0.2) is 42.1 Å². The van der Waals surface area contributed by atoms with Gasteiger partial charge in [-0.25, -0.2) is 0 Å². The molecule has 1 saturated heterocycles. The molecule has 17 heavy (non-hydrogen) atoms. The summed E-state index contributed by atoms with van der Waals surface area (Å²) in [5.41, 5.74) is 5.62. The highest BCUT2D eigenvalue weighted by atomic mass is 32.1. The number of thiocarbonyl (C=S) groups is 1. The van der Waals surface area contributed by atoms with E-state index in [0.717, 1.165) is 32.4 Å². The lowest BCUT2D eigenvalue weighted by atomic mass is 9.96. The summed E-state index contributed by atoms with van der Waals surface area (Å²) in [5, 5.41) is 0. The maximum atomic E-state index is 11.9. The van der Waals surface area contributed by atoms with E-state index in [1.54, 1.807) is 7.11 Å². The highest BCUT2D eigenvalue weighted by Gasteiger charge is 2.24. The Hall–Kier alpha value is -0.680. The van der Waals surface area contributed by atoms with Gasteiger partial charge in [-0.1, -0.05) is 12.2 Å². The van der Waals surface area contributed by atoms with Gasteiger partial charge < -0.3 is 15.4 Å². The minimum Gasteiger partial charge on any atom is -0.393 e. The van der Waals surface area contributed by atoms with Gasteiger partial charge in [0.2, 0.25) is 5.91 Å². The van der Waals surface area contributed by atoms with E-state index < -0.39 is 0 Å². The minimum atomic E-state index is 0.146. The zero-order valence-electron chi connectivity index (χ0n) is 10.6. The minimum absolute atomic E-state index is 0.146. The lowest BCUT2D eigenvalue weighted by Crippen LogP contribution is -2.41. The Morgan fingerprint density at radius 1 is 1.53 bits per heavy atom. The number of hydrogen-bond acceptors (Lipinski definition) is 3. The molecule has 1 heterocycles. The second-order valence-corrected chi connectivity index (χ2v) is 5.11. The molecule has 1 amide bonds. The smallest absolute Gasteiger partial charge is 0.222 e. The van der Waals surface area contributed by atoms with Crippen LogP contribution < -0.4 is 5.73 Å². The fourth-order valence-corrected chi connectivity index (χ4v) is 2.25. The molecule has 98 valence electrons. The molecule has 1 rings (SSSR count). The Morgan fingerprint density at radius 2 is 2.12 bits per heavy atom. The highest BCUT2D eigenvalue weighted by molar-refractivity contribution is 7.80. The molecule has 1 unspecified atom stereocenters. The third-order valence-electron chi connectivity index (χ3n) is 3.42. The summed E-state index contributed by atoms with van der Waals surface area (Å²) in [6.07, 6.45) is 3.30. The van der Waals surface area contributed by atoms with Crippen molar-refractivity contribution in [3.63, 3.8) is 0 Å². The number of carbonyl (C=O) groups excluding carboxylic acids is 1. The number of methoxy groups -OCH3 is 1. The molecule has 0 saturated carbocycles.